The van der Waals surface area contributed by atoms with E-state index in [-0.39, 0.29) is 5.82 Å². The molecule has 0 amide bonds. The number of nitrogens with one attached hydrogen (secondary N) is 1. The second-order valence-corrected chi connectivity index (χ2v) is 4.05. The van der Waals surface area contributed by atoms with Crippen LogP contribution in [0, 0.1) is 0 Å². The molecule has 0 unspecified atom stereocenters. The fraction of sp³-hybridized carbons (Fsp3) is 0.0714. The summed E-state index contributed by atoms with van der Waals surface area (Å²) in [6, 6.07) is 13.0. The van der Waals surface area contributed by atoms with Gasteiger partial charge in [0.2, 0.25) is 0 Å². The van der Waals surface area contributed by atoms with Gasteiger partial charge in [0, 0.05) is 6.20 Å². The third-order valence-electron chi connectivity index (χ3n) is 2.65. The van der Waals surface area contributed by atoms with E-state index in [1.807, 2.05) is 30.3 Å². The summed E-state index contributed by atoms with van der Waals surface area (Å²) in [5.41, 5.74) is 4.45. The van der Waals surface area contributed by atoms with Crippen molar-refractivity contribution in [2.75, 3.05) is 5.48 Å². The maximum Gasteiger partial charge on any atom is 0.441 e. The Hall–Kier alpha value is -2.73. The highest BCUT2D eigenvalue weighted by Crippen LogP contribution is 2.16. The Labute approximate surface area is 114 Å². The molecule has 0 aliphatic rings. The number of fused-ring (bicyclic) bond motifs is 1. The van der Waals surface area contributed by atoms with Gasteiger partial charge < -0.3 is 4.42 Å². The van der Waals surface area contributed by atoms with E-state index < -0.39 is 5.76 Å². The average molecular weight is 269 g/mol. The normalized spacial score (nSPS) is 10.6. The third kappa shape index (κ3) is 2.65. The molecule has 1 N–H and O–H groups in total. The third-order valence-corrected chi connectivity index (χ3v) is 2.65. The summed E-state index contributed by atoms with van der Waals surface area (Å²) in [5, 5.41) is 0. The number of hydrogen-bond donors (Lipinski definition) is 1. The molecule has 2 aromatic heterocycles. The van der Waals surface area contributed by atoms with Crippen molar-refractivity contribution in [3.8, 4) is 0 Å². The topological polar surface area (TPSA) is 77.2 Å². The monoisotopic (exact) mass is 269 g/mol. The molecule has 0 bridgehead atoms. The molecule has 0 radical (unpaired) electrons. The summed E-state index contributed by atoms with van der Waals surface area (Å²) in [7, 11) is 0. The molecule has 6 heteroatoms. The molecule has 0 fully saturated rings. The number of rotatable bonds is 4. The van der Waals surface area contributed by atoms with Crippen LogP contribution in [0.5, 0.6) is 0 Å². The fourth-order valence-electron chi connectivity index (χ4n) is 1.75. The number of hydrogen-bond acceptors (Lipinski definition) is 6. The van der Waals surface area contributed by atoms with Crippen LogP contribution in [-0.2, 0) is 11.4 Å². The van der Waals surface area contributed by atoms with Crippen LogP contribution in [0.2, 0.25) is 0 Å². The highest BCUT2D eigenvalue weighted by Gasteiger charge is 2.07. The number of anilines is 1. The molecule has 20 heavy (non-hydrogen) atoms. The number of aromatic nitrogens is 2. The largest absolute Gasteiger partial charge is 0.441 e. The molecular weight excluding hydrogens is 258 g/mol. The van der Waals surface area contributed by atoms with Gasteiger partial charge in [0.1, 0.15) is 0 Å². The zero-order valence-electron chi connectivity index (χ0n) is 10.4. The predicted molar refractivity (Wildman–Crippen MR) is 72.9 cm³/mol. The number of benzene rings is 1. The van der Waals surface area contributed by atoms with Gasteiger partial charge in [0.15, 0.2) is 16.9 Å². The van der Waals surface area contributed by atoms with Crippen LogP contribution in [0.1, 0.15) is 5.56 Å². The van der Waals surface area contributed by atoms with Crippen LogP contribution in [0.4, 0.5) is 5.82 Å². The molecule has 0 aliphatic heterocycles. The Kier molecular flexibility index (Phi) is 3.38. The lowest BCUT2D eigenvalue weighted by Gasteiger charge is -2.07. The van der Waals surface area contributed by atoms with E-state index in [2.05, 4.69) is 15.4 Å². The van der Waals surface area contributed by atoms with Gasteiger partial charge in [-0.2, -0.15) is 4.98 Å². The van der Waals surface area contributed by atoms with E-state index >= 15 is 0 Å². The van der Waals surface area contributed by atoms with Gasteiger partial charge in [0.25, 0.3) is 0 Å². The maximum absolute atomic E-state index is 11.3. The average Bonchev–Trinajstić information content (AvgIpc) is 2.48. The highest BCUT2D eigenvalue weighted by molar-refractivity contribution is 5.82. The SMILES string of the molecule is O=c1nc(NOCc2ccccc2)c2ncccc2o1. The van der Waals surface area contributed by atoms with Gasteiger partial charge in [-0.25, -0.2) is 15.3 Å². The molecule has 0 saturated carbocycles. The van der Waals surface area contributed by atoms with Gasteiger partial charge in [-0.05, 0) is 17.7 Å². The molecule has 0 spiro atoms. The zero-order chi connectivity index (χ0) is 13.8. The highest BCUT2D eigenvalue weighted by atomic mass is 16.6. The summed E-state index contributed by atoms with van der Waals surface area (Å²) in [5.74, 6) is -0.455. The summed E-state index contributed by atoms with van der Waals surface area (Å²) < 4.78 is 4.94. The van der Waals surface area contributed by atoms with E-state index in [4.69, 9.17) is 9.25 Å². The first-order chi connectivity index (χ1) is 9.83. The minimum absolute atomic E-state index is 0.243. The van der Waals surface area contributed by atoms with Crippen molar-refractivity contribution in [2.24, 2.45) is 0 Å². The number of nitrogens with zero attached hydrogens (tertiary/aromatic N) is 2. The fourth-order valence-corrected chi connectivity index (χ4v) is 1.75. The van der Waals surface area contributed by atoms with Crippen LogP contribution in [0.25, 0.3) is 11.1 Å². The minimum Gasteiger partial charge on any atom is -0.406 e. The van der Waals surface area contributed by atoms with Crippen molar-refractivity contribution < 1.29 is 9.25 Å². The summed E-state index contributed by atoms with van der Waals surface area (Å²) in [6.45, 7) is 0.344. The molecule has 3 rings (SSSR count). The number of pyridine rings is 1. The van der Waals surface area contributed by atoms with E-state index in [1.54, 1.807) is 18.3 Å². The first kappa shape index (κ1) is 12.3. The van der Waals surface area contributed by atoms with E-state index in [0.29, 0.717) is 17.7 Å². The predicted octanol–water partition coefficient (Wildman–Crippen LogP) is 2.13. The standard InChI is InChI=1S/C14H11N3O3/c18-14-16-13(12-11(20-14)7-4-8-15-12)17-19-9-10-5-2-1-3-6-10/h1-8H,9H2,(H,16,17,18). The van der Waals surface area contributed by atoms with Gasteiger partial charge in [-0.15, -0.1) is 0 Å². The minimum atomic E-state index is -0.698. The lowest BCUT2D eigenvalue weighted by atomic mass is 10.2. The Morgan fingerprint density at radius 1 is 1.15 bits per heavy atom. The van der Waals surface area contributed by atoms with Crippen LogP contribution in [0.3, 0.4) is 0 Å². The summed E-state index contributed by atoms with van der Waals surface area (Å²) >= 11 is 0. The van der Waals surface area contributed by atoms with E-state index in [0.717, 1.165) is 5.56 Å². The second kappa shape index (κ2) is 5.50. The van der Waals surface area contributed by atoms with Gasteiger partial charge in [-0.1, -0.05) is 30.3 Å². The molecule has 0 aliphatic carbocycles. The lowest BCUT2D eigenvalue weighted by molar-refractivity contribution is 0.179. The first-order valence-corrected chi connectivity index (χ1v) is 6.00. The summed E-state index contributed by atoms with van der Waals surface area (Å²) in [4.78, 5) is 24.5. The molecule has 0 saturated heterocycles. The van der Waals surface area contributed by atoms with Crippen LogP contribution in [-0.4, -0.2) is 9.97 Å². The van der Waals surface area contributed by atoms with E-state index in [9.17, 15) is 4.79 Å². The summed E-state index contributed by atoms with van der Waals surface area (Å²) in [6.07, 6.45) is 1.59. The van der Waals surface area contributed by atoms with Crippen molar-refractivity contribution in [1.82, 2.24) is 9.97 Å². The smallest absolute Gasteiger partial charge is 0.406 e. The molecule has 6 nitrogen and oxygen atoms in total. The van der Waals surface area contributed by atoms with Crippen molar-refractivity contribution in [2.45, 2.75) is 6.61 Å². The molecule has 2 heterocycles. The Morgan fingerprint density at radius 3 is 2.85 bits per heavy atom. The van der Waals surface area contributed by atoms with Crippen LogP contribution in [0.15, 0.2) is 57.9 Å². The van der Waals surface area contributed by atoms with Crippen molar-refractivity contribution >= 4 is 16.9 Å². The Morgan fingerprint density at radius 2 is 2.00 bits per heavy atom. The quantitative estimate of drug-likeness (QED) is 0.731. The Balaban J connectivity index is 1.79. The molecule has 0 atom stereocenters. The molecule has 100 valence electrons. The van der Waals surface area contributed by atoms with Crippen LogP contribution >= 0.6 is 0 Å². The van der Waals surface area contributed by atoms with Crippen molar-refractivity contribution in [3.05, 3.63) is 64.8 Å². The lowest BCUT2D eigenvalue weighted by Crippen LogP contribution is -2.11. The Bertz CT molecular complexity index is 771. The molecule has 3 aromatic rings. The van der Waals surface area contributed by atoms with Crippen LogP contribution < -0.4 is 11.2 Å². The first-order valence-electron chi connectivity index (χ1n) is 6.00. The van der Waals surface area contributed by atoms with Gasteiger partial charge in [0.05, 0.1) is 6.61 Å². The van der Waals surface area contributed by atoms with Gasteiger partial charge >= 0.3 is 5.76 Å². The molecular formula is C14H11N3O3. The maximum atomic E-state index is 11.3. The van der Waals surface area contributed by atoms with Crippen molar-refractivity contribution in [1.29, 1.82) is 0 Å². The molecule has 1 aromatic carbocycles. The zero-order valence-corrected chi connectivity index (χ0v) is 10.4. The second-order valence-electron chi connectivity index (χ2n) is 4.05. The van der Waals surface area contributed by atoms with E-state index in [1.165, 1.54) is 0 Å². The van der Waals surface area contributed by atoms with Crippen molar-refractivity contribution in [3.63, 3.8) is 0 Å². The van der Waals surface area contributed by atoms with Gasteiger partial charge in [-0.3, -0.25) is 4.84 Å².